The third-order valence-corrected chi connectivity index (χ3v) is 6.00. The molecule has 0 radical (unpaired) electrons. The monoisotopic (exact) mass is 278 g/mol. The van der Waals surface area contributed by atoms with Crippen LogP contribution in [0.2, 0.25) is 0 Å². The van der Waals surface area contributed by atoms with Gasteiger partial charge in [0, 0.05) is 0 Å². The van der Waals surface area contributed by atoms with Crippen LogP contribution < -0.4 is 15.9 Å². The summed E-state index contributed by atoms with van der Waals surface area (Å²) in [6.45, 7) is 2.10. The number of hydrogen-bond donors (Lipinski definition) is 0. The second-order valence-electron chi connectivity index (χ2n) is 4.79. The molecule has 98 valence electrons. The van der Waals surface area contributed by atoms with Crippen LogP contribution >= 0.6 is 7.87 Å². The highest BCUT2D eigenvalue weighted by Gasteiger charge is 2.26. The molecule has 0 saturated carbocycles. The highest BCUT2D eigenvalue weighted by molar-refractivity contribution is 7.79. The first-order valence-corrected chi connectivity index (χ1v) is 8.16. The van der Waals surface area contributed by atoms with Gasteiger partial charge in [0.2, 0.25) is 0 Å². The first kappa shape index (κ1) is 11.9. The number of hydrogen-bond acceptors (Lipinski definition) is 0. The lowest BCUT2D eigenvalue weighted by Gasteiger charge is -2.12. The molecule has 0 aromatic heterocycles. The Labute approximate surface area is 123 Å². The van der Waals surface area contributed by atoms with Gasteiger partial charge in [-0.15, -0.1) is 0 Å². The molecule has 3 aromatic rings. The summed E-state index contributed by atoms with van der Waals surface area (Å²) in [6, 6.07) is 28.8. The Morgan fingerprint density at radius 1 is 0.650 bits per heavy atom. The minimum absolute atomic E-state index is 1.10. The molecular formula is C19H18P+. The second-order valence-corrected chi connectivity index (χ2v) is 6.98. The summed E-state index contributed by atoms with van der Waals surface area (Å²) in [5.74, 6) is 0. The Balaban J connectivity index is 2.29. The number of aryl methyl sites for hydroxylation is 1. The summed E-state index contributed by atoms with van der Waals surface area (Å²) in [5.41, 5.74) is 1.19. The maximum Gasteiger partial charge on any atom is 0.286 e. The van der Waals surface area contributed by atoms with Crippen LogP contribution in [0.25, 0.3) is 0 Å². The van der Waals surface area contributed by atoms with Crippen molar-refractivity contribution in [2.45, 2.75) is 6.92 Å². The molecule has 0 bridgehead atoms. The average Bonchev–Trinajstić information content (AvgIpc) is 2.56. The van der Waals surface area contributed by atoms with Gasteiger partial charge in [-0.05, 0) is 42.8 Å². The molecule has 0 spiro atoms. The van der Waals surface area contributed by atoms with Gasteiger partial charge in [0.05, 0.1) is 7.87 Å². The third kappa shape index (κ3) is 2.66. The molecule has 3 aromatic carbocycles. The Bertz CT molecular complexity index is 683. The van der Waals surface area contributed by atoms with Gasteiger partial charge in [-0.25, -0.2) is 0 Å². The van der Waals surface area contributed by atoms with Gasteiger partial charge in [-0.1, -0.05) is 54.6 Å². The van der Waals surface area contributed by atoms with Crippen molar-refractivity contribution in [3.05, 3.63) is 90.5 Å². The fourth-order valence-corrected chi connectivity index (χ4v) is 4.85. The maximum absolute atomic E-state index is 9.40. The molecule has 0 unspecified atom stereocenters. The third-order valence-electron chi connectivity index (χ3n) is 3.39. The van der Waals surface area contributed by atoms with Gasteiger partial charge < -0.3 is 0 Å². The van der Waals surface area contributed by atoms with Gasteiger partial charge in [-0.2, -0.15) is 0 Å². The predicted octanol–water partition coefficient (Wildman–Crippen LogP) is 3.49. The van der Waals surface area contributed by atoms with Crippen LogP contribution in [0.4, 0.5) is 0 Å². The van der Waals surface area contributed by atoms with Crippen molar-refractivity contribution in [2.24, 2.45) is 0 Å². The molecule has 0 aliphatic rings. The fraction of sp³-hybridized carbons (Fsp3) is 0.0526. The first-order valence-electron chi connectivity index (χ1n) is 7.27. The average molecular weight is 278 g/mol. The highest BCUT2D eigenvalue weighted by atomic mass is 31.1. The number of rotatable bonds is 3. The van der Waals surface area contributed by atoms with Crippen molar-refractivity contribution in [1.82, 2.24) is 0 Å². The van der Waals surface area contributed by atoms with Gasteiger partial charge in [0.1, 0.15) is 15.9 Å². The lowest BCUT2D eigenvalue weighted by molar-refractivity contribution is 1.52. The molecule has 0 N–H and O–H groups in total. The predicted molar refractivity (Wildman–Crippen MR) is 91.3 cm³/mol. The maximum atomic E-state index is 9.40. The van der Waals surface area contributed by atoms with E-state index < -0.39 is 7.87 Å². The molecule has 0 atom stereocenters. The van der Waals surface area contributed by atoms with E-state index in [0.717, 1.165) is 15.9 Å². The van der Waals surface area contributed by atoms with Crippen LogP contribution in [0.3, 0.4) is 0 Å². The van der Waals surface area contributed by atoms with Crippen molar-refractivity contribution in [1.29, 1.82) is 1.28 Å². The smallest absolute Gasteiger partial charge is 0.0620 e. The van der Waals surface area contributed by atoms with Gasteiger partial charge in [0.15, 0.2) is 0 Å². The van der Waals surface area contributed by atoms with E-state index in [2.05, 4.69) is 43.3 Å². The van der Waals surface area contributed by atoms with Gasteiger partial charge in [0.25, 0.3) is 1.28 Å². The van der Waals surface area contributed by atoms with Crippen molar-refractivity contribution < 1.29 is 0 Å². The molecule has 0 aliphatic heterocycles. The van der Waals surface area contributed by atoms with E-state index >= 15 is 0 Å². The van der Waals surface area contributed by atoms with Crippen LogP contribution in [-0.4, -0.2) is 1.28 Å². The van der Waals surface area contributed by atoms with E-state index in [-0.39, 0.29) is 0 Å². The Morgan fingerprint density at radius 3 is 1.60 bits per heavy atom. The first-order chi connectivity index (χ1) is 10.2. The summed E-state index contributed by atoms with van der Waals surface area (Å²) >= 11 is 0. The van der Waals surface area contributed by atoms with E-state index in [1.54, 1.807) is 0 Å². The van der Waals surface area contributed by atoms with Crippen molar-refractivity contribution in [3.63, 3.8) is 0 Å². The molecule has 0 nitrogen and oxygen atoms in total. The van der Waals surface area contributed by atoms with Crippen LogP contribution in [0, 0.1) is 6.92 Å². The van der Waals surface area contributed by atoms with Crippen molar-refractivity contribution >= 4 is 23.8 Å². The molecule has 0 aliphatic carbocycles. The quantitative estimate of drug-likeness (QED) is 0.643. The lowest BCUT2D eigenvalue weighted by atomic mass is 10.2. The Kier molecular flexibility index (Phi) is 3.58. The molecule has 1 heteroatoms. The SMILES string of the molecule is [2H][P+](c1ccccc1)(c1ccccc1)c1ccccc1C. The van der Waals surface area contributed by atoms with Crippen LogP contribution in [-0.2, 0) is 0 Å². The molecule has 3 rings (SSSR count). The second kappa shape index (κ2) is 6.03. The summed E-state index contributed by atoms with van der Waals surface area (Å²) < 4.78 is 9.40. The van der Waals surface area contributed by atoms with Crippen LogP contribution in [0.5, 0.6) is 0 Å². The Hall–Kier alpha value is -1.91. The molecule has 0 amide bonds. The van der Waals surface area contributed by atoms with Gasteiger partial charge in [-0.3, -0.25) is 0 Å². The molecule has 20 heavy (non-hydrogen) atoms. The Morgan fingerprint density at radius 2 is 1.10 bits per heavy atom. The molecule has 0 heterocycles. The largest absolute Gasteiger partial charge is 0.286 e. The molecule has 0 fully saturated rings. The minimum atomic E-state index is -2.31. The molecular weight excluding hydrogens is 259 g/mol. The normalized spacial score (nSPS) is 11.9. The van der Waals surface area contributed by atoms with E-state index in [4.69, 9.17) is 0 Å². The fourth-order valence-electron chi connectivity index (χ4n) is 2.40. The molecule has 0 saturated heterocycles. The van der Waals surface area contributed by atoms with E-state index in [1.165, 1.54) is 5.56 Å². The van der Waals surface area contributed by atoms with E-state index in [1.807, 2.05) is 48.5 Å². The van der Waals surface area contributed by atoms with E-state index in [9.17, 15) is 1.28 Å². The lowest BCUT2D eigenvalue weighted by Crippen LogP contribution is -2.22. The summed E-state index contributed by atoms with van der Waals surface area (Å²) in [5, 5.41) is 3.35. The highest BCUT2D eigenvalue weighted by Crippen LogP contribution is 2.33. The minimum Gasteiger partial charge on any atom is -0.0620 e. The van der Waals surface area contributed by atoms with Crippen LogP contribution in [0.15, 0.2) is 84.9 Å². The van der Waals surface area contributed by atoms with Gasteiger partial charge >= 0.3 is 0 Å². The zero-order valence-corrected chi connectivity index (χ0v) is 12.4. The van der Waals surface area contributed by atoms with Crippen LogP contribution in [0.1, 0.15) is 5.56 Å². The van der Waals surface area contributed by atoms with Crippen molar-refractivity contribution in [2.75, 3.05) is 0 Å². The number of benzene rings is 3. The summed E-state index contributed by atoms with van der Waals surface area (Å²) in [7, 11) is -2.31. The summed E-state index contributed by atoms with van der Waals surface area (Å²) in [4.78, 5) is 0. The topological polar surface area (TPSA) is 0 Å². The standard InChI is InChI=1S/C19H17P/c1-16-10-8-9-15-19(16)20(17-11-4-2-5-12-17)18-13-6-3-7-14-18/h2-15H,1H3/p+1/i/hD. The van der Waals surface area contributed by atoms with E-state index in [0.29, 0.717) is 0 Å². The van der Waals surface area contributed by atoms with Crippen molar-refractivity contribution in [3.8, 4) is 0 Å². The zero-order chi connectivity index (χ0) is 14.7. The zero-order valence-electron chi connectivity index (χ0n) is 12.5. The summed E-state index contributed by atoms with van der Waals surface area (Å²) in [6.07, 6.45) is 0.